The van der Waals surface area contributed by atoms with Crippen molar-refractivity contribution in [2.45, 2.75) is 26.9 Å². The molecule has 0 bridgehead atoms. The Labute approximate surface area is 158 Å². The highest BCUT2D eigenvalue weighted by Gasteiger charge is 2.20. The predicted molar refractivity (Wildman–Crippen MR) is 107 cm³/mol. The predicted octanol–water partition coefficient (Wildman–Crippen LogP) is 5.13. The zero-order chi connectivity index (χ0) is 18.1. The van der Waals surface area contributed by atoms with Gasteiger partial charge in [0.25, 0.3) is 0 Å². The number of aryl methyl sites for hydroxylation is 2. The molecular weight excluding hydrogens is 342 g/mol. The monoisotopic (exact) mass is 365 g/mol. The average Bonchev–Trinajstić information content (AvgIpc) is 3.06. The van der Waals surface area contributed by atoms with Crippen molar-refractivity contribution >= 4 is 11.3 Å². The summed E-state index contributed by atoms with van der Waals surface area (Å²) in [7, 11) is 0. The lowest BCUT2D eigenvalue weighted by Crippen LogP contribution is -2.25. The van der Waals surface area contributed by atoms with Gasteiger partial charge in [0.1, 0.15) is 6.61 Å². The van der Waals surface area contributed by atoms with Gasteiger partial charge in [-0.1, -0.05) is 29.8 Å². The van der Waals surface area contributed by atoms with Crippen molar-refractivity contribution in [3.63, 3.8) is 0 Å². The molecule has 0 aliphatic carbocycles. The Kier molecular flexibility index (Phi) is 4.70. The number of nitrogens with zero attached hydrogens (tertiary/aromatic N) is 1. The minimum atomic E-state index is 0.235. The van der Waals surface area contributed by atoms with E-state index in [9.17, 15) is 5.11 Å². The number of ether oxygens (including phenoxy) is 1. The number of hydrogen-bond donors (Lipinski definition) is 1. The highest BCUT2D eigenvalue weighted by Crippen LogP contribution is 2.39. The van der Waals surface area contributed by atoms with E-state index in [4.69, 9.17) is 4.74 Å². The first kappa shape index (κ1) is 17.1. The van der Waals surface area contributed by atoms with E-state index < -0.39 is 0 Å². The number of hydrogen-bond acceptors (Lipinski definition) is 4. The summed E-state index contributed by atoms with van der Waals surface area (Å²) in [6, 6.07) is 14.7. The molecule has 0 saturated carbocycles. The van der Waals surface area contributed by atoms with Crippen molar-refractivity contribution in [1.82, 2.24) is 4.90 Å². The number of phenolic OH excluding ortho intramolecular Hbond substituents is 1. The molecule has 0 radical (unpaired) electrons. The van der Waals surface area contributed by atoms with Crippen molar-refractivity contribution in [2.75, 3.05) is 13.2 Å². The number of benzene rings is 2. The van der Waals surface area contributed by atoms with E-state index >= 15 is 0 Å². The fraction of sp³-hybridized carbons (Fsp3) is 0.273. The Morgan fingerprint density at radius 2 is 2.04 bits per heavy atom. The first-order valence-electron chi connectivity index (χ1n) is 8.91. The van der Waals surface area contributed by atoms with Crippen molar-refractivity contribution in [2.24, 2.45) is 0 Å². The molecule has 0 fully saturated rings. The summed E-state index contributed by atoms with van der Waals surface area (Å²) in [5, 5.41) is 12.5. The average molecular weight is 365 g/mol. The van der Waals surface area contributed by atoms with Crippen molar-refractivity contribution in [1.29, 1.82) is 0 Å². The quantitative estimate of drug-likeness (QED) is 0.698. The first-order valence-corrected chi connectivity index (χ1v) is 9.79. The van der Waals surface area contributed by atoms with E-state index in [-0.39, 0.29) is 5.75 Å². The van der Waals surface area contributed by atoms with Crippen LogP contribution in [0.5, 0.6) is 11.5 Å². The third-order valence-electron chi connectivity index (χ3n) is 4.89. The van der Waals surface area contributed by atoms with Crippen molar-refractivity contribution in [3.8, 4) is 21.9 Å². The van der Waals surface area contributed by atoms with E-state index in [1.54, 1.807) is 11.3 Å². The van der Waals surface area contributed by atoms with Crippen LogP contribution in [0.2, 0.25) is 0 Å². The molecule has 0 unspecified atom stereocenters. The number of fused-ring (bicyclic) bond motifs is 1. The molecule has 0 amide bonds. The normalized spacial score (nSPS) is 14.5. The molecule has 1 aliphatic heterocycles. The van der Waals surface area contributed by atoms with Gasteiger partial charge in [0.2, 0.25) is 0 Å². The van der Waals surface area contributed by atoms with Crippen molar-refractivity contribution < 1.29 is 9.84 Å². The molecule has 4 heteroatoms. The molecule has 1 aromatic heterocycles. The molecular formula is C22H23NO2S. The summed E-state index contributed by atoms with van der Waals surface area (Å²) in [5.74, 6) is 0.868. The van der Waals surface area contributed by atoms with E-state index in [0.29, 0.717) is 12.4 Å². The van der Waals surface area contributed by atoms with Gasteiger partial charge in [-0.05, 0) is 54.1 Å². The highest BCUT2D eigenvalue weighted by molar-refractivity contribution is 7.13. The van der Waals surface area contributed by atoms with Crippen LogP contribution in [0.3, 0.4) is 0 Å². The maximum absolute atomic E-state index is 10.5. The molecule has 0 spiro atoms. The van der Waals surface area contributed by atoms with Gasteiger partial charge in [-0.3, -0.25) is 4.90 Å². The number of thiophene rings is 1. The van der Waals surface area contributed by atoms with Crippen molar-refractivity contribution in [3.05, 3.63) is 70.1 Å². The van der Waals surface area contributed by atoms with E-state index in [2.05, 4.69) is 54.5 Å². The second kappa shape index (κ2) is 7.14. The topological polar surface area (TPSA) is 32.7 Å². The van der Waals surface area contributed by atoms with Gasteiger partial charge in [0.15, 0.2) is 11.5 Å². The third kappa shape index (κ3) is 3.48. The van der Waals surface area contributed by atoms with Crippen LogP contribution in [-0.2, 0) is 13.1 Å². The Bertz CT molecular complexity index is 918. The minimum absolute atomic E-state index is 0.235. The van der Waals surface area contributed by atoms with Gasteiger partial charge in [-0.2, -0.15) is 0 Å². The molecule has 26 heavy (non-hydrogen) atoms. The number of aromatic hydroxyl groups is 1. The van der Waals surface area contributed by atoms with E-state index in [1.807, 2.05) is 12.1 Å². The van der Waals surface area contributed by atoms with E-state index in [0.717, 1.165) is 35.6 Å². The zero-order valence-electron chi connectivity index (χ0n) is 15.2. The maximum Gasteiger partial charge on any atom is 0.165 e. The molecule has 0 saturated heterocycles. The largest absolute Gasteiger partial charge is 0.504 e. The van der Waals surface area contributed by atoms with Crippen LogP contribution in [0.15, 0.2) is 47.8 Å². The molecule has 1 aliphatic rings. The highest BCUT2D eigenvalue weighted by atomic mass is 32.1. The summed E-state index contributed by atoms with van der Waals surface area (Å²) >= 11 is 1.68. The Morgan fingerprint density at radius 3 is 2.81 bits per heavy atom. The molecule has 2 aromatic carbocycles. The van der Waals surface area contributed by atoms with Crippen LogP contribution in [0.1, 0.15) is 22.3 Å². The summed E-state index contributed by atoms with van der Waals surface area (Å²) in [6.45, 7) is 7.39. The molecule has 3 nitrogen and oxygen atoms in total. The maximum atomic E-state index is 10.5. The molecule has 3 aromatic rings. The SMILES string of the molecule is Cc1ccc(CN2CCOc3c(O)cc(-c4cccs4)cc3C2)c(C)c1. The Morgan fingerprint density at radius 1 is 1.15 bits per heavy atom. The fourth-order valence-electron chi connectivity index (χ4n) is 3.54. The summed E-state index contributed by atoms with van der Waals surface area (Å²) in [5.41, 5.74) is 6.06. The van der Waals surface area contributed by atoms with Crippen LogP contribution in [0.4, 0.5) is 0 Å². The molecule has 0 atom stereocenters. The van der Waals surface area contributed by atoms with Gasteiger partial charge in [-0.15, -0.1) is 11.3 Å². The number of rotatable bonds is 3. The summed E-state index contributed by atoms with van der Waals surface area (Å²) in [4.78, 5) is 3.55. The Hall–Kier alpha value is -2.30. The molecule has 2 heterocycles. The lowest BCUT2D eigenvalue weighted by Gasteiger charge is -2.21. The molecule has 1 N–H and O–H groups in total. The van der Waals surface area contributed by atoms with Gasteiger partial charge in [0.05, 0.1) is 0 Å². The lowest BCUT2D eigenvalue weighted by atomic mass is 10.0. The van der Waals surface area contributed by atoms with Crippen LogP contribution in [0.25, 0.3) is 10.4 Å². The van der Waals surface area contributed by atoms with Gasteiger partial charge in [0, 0.05) is 30.1 Å². The molecule has 134 valence electrons. The molecule has 4 rings (SSSR count). The summed E-state index contributed by atoms with van der Waals surface area (Å²) in [6.07, 6.45) is 0. The van der Waals surface area contributed by atoms with Gasteiger partial charge >= 0.3 is 0 Å². The van der Waals surface area contributed by atoms with Crippen LogP contribution in [0, 0.1) is 13.8 Å². The third-order valence-corrected chi connectivity index (χ3v) is 5.81. The minimum Gasteiger partial charge on any atom is -0.504 e. The second-order valence-electron chi connectivity index (χ2n) is 6.95. The Balaban J connectivity index is 1.63. The van der Waals surface area contributed by atoms with E-state index in [1.165, 1.54) is 16.7 Å². The number of phenols is 1. The second-order valence-corrected chi connectivity index (χ2v) is 7.90. The van der Waals surface area contributed by atoms with Gasteiger partial charge in [-0.25, -0.2) is 0 Å². The van der Waals surface area contributed by atoms with Gasteiger partial charge < -0.3 is 9.84 Å². The lowest BCUT2D eigenvalue weighted by molar-refractivity contribution is 0.217. The van der Waals surface area contributed by atoms with Crippen LogP contribution >= 0.6 is 11.3 Å². The van der Waals surface area contributed by atoms with Crippen LogP contribution < -0.4 is 4.74 Å². The summed E-state index contributed by atoms with van der Waals surface area (Å²) < 4.78 is 5.88. The van der Waals surface area contributed by atoms with Crippen LogP contribution in [-0.4, -0.2) is 23.2 Å². The fourth-order valence-corrected chi connectivity index (χ4v) is 4.25. The zero-order valence-corrected chi connectivity index (χ0v) is 16.0. The first-order chi connectivity index (χ1) is 12.6. The standard InChI is InChI=1S/C22H23NO2S/c1-15-5-6-17(16(2)10-15)13-23-7-8-25-22-19(14-23)11-18(12-20(22)24)21-4-3-9-26-21/h3-6,9-12,24H,7-8,13-14H2,1-2H3. The smallest absolute Gasteiger partial charge is 0.165 e.